The van der Waals surface area contributed by atoms with E-state index < -0.39 is 0 Å². The van der Waals surface area contributed by atoms with Crippen LogP contribution >= 0.6 is 0 Å². The number of benzene rings is 2. The molecule has 0 atom stereocenters. The molecule has 0 amide bonds. The number of ether oxygens (including phenoxy) is 2. The van der Waals surface area contributed by atoms with E-state index in [4.69, 9.17) is 9.47 Å². The third kappa shape index (κ3) is 5.10. The van der Waals surface area contributed by atoms with E-state index in [1.165, 1.54) is 5.56 Å². The van der Waals surface area contributed by atoms with Crippen LogP contribution in [0.3, 0.4) is 0 Å². The van der Waals surface area contributed by atoms with Gasteiger partial charge in [0.1, 0.15) is 12.4 Å². The average molecular weight is 327 g/mol. The molecule has 0 radical (unpaired) electrons. The van der Waals surface area contributed by atoms with E-state index in [9.17, 15) is 4.79 Å². The molecular weight excluding hydrogens is 302 g/mol. The summed E-state index contributed by atoms with van der Waals surface area (Å²) >= 11 is 0. The molecule has 0 spiro atoms. The molecule has 0 unspecified atom stereocenters. The number of nitrogens with zero attached hydrogens (tertiary/aromatic N) is 1. The second-order valence-electron chi connectivity index (χ2n) is 5.58. The Balaban J connectivity index is 1.88. The lowest BCUT2D eigenvalue weighted by Crippen LogP contribution is -2.22. The number of hydrogen-bond acceptors (Lipinski definition) is 4. The van der Waals surface area contributed by atoms with E-state index in [2.05, 4.69) is 30.9 Å². The molecule has 0 aliphatic carbocycles. The van der Waals surface area contributed by atoms with Gasteiger partial charge in [0.2, 0.25) is 0 Å². The third-order valence-corrected chi connectivity index (χ3v) is 4.02. The molecule has 0 heterocycles. The molecule has 0 fully saturated rings. The van der Waals surface area contributed by atoms with E-state index >= 15 is 0 Å². The molecule has 0 aliphatic rings. The fourth-order valence-electron chi connectivity index (χ4n) is 2.41. The van der Waals surface area contributed by atoms with Gasteiger partial charge in [0, 0.05) is 6.54 Å². The average Bonchev–Trinajstić information content (AvgIpc) is 2.65. The van der Waals surface area contributed by atoms with Crippen LogP contribution in [0.4, 0.5) is 0 Å². The molecule has 24 heavy (non-hydrogen) atoms. The van der Waals surface area contributed by atoms with E-state index in [1.54, 1.807) is 31.4 Å². The number of hydrogen-bond donors (Lipinski definition) is 0. The summed E-state index contributed by atoms with van der Waals surface area (Å²) in [4.78, 5) is 14.4. The van der Waals surface area contributed by atoms with Crippen LogP contribution in [0, 0.1) is 0 Å². The van der Waals surface area contributed by atoms with Gasteiger partial charge in [-0.2, -0.15) is 0 Å². The summed E-state index contributed by atoms with van der Waals surface area (Å²) in [5, 5.41) is 0. The number of rotatable bonds is 8. The summed E-state index contributed by atoms with van der Waals surface area (Å²) in [6.45, 7) is 7.62. The zero-order chi connectivity index (χ0) is 17.4. The Morgan fingerprint density at radius 2 is 1.50 bits per heavy atom. The van der Waals surface area contributed by atoms with Crippen LogP contribution in [0.25, 0.3) is 0 Å². The minimum Gasteiger partial charge on any atom is -0.497 e. The highest BCUT2D eigenvalue weighted by atomic mass is 16.5. The molecule has 4 nitrogen and oxygen atoms in total. The fourth-order valence-corrected chi connectivity index (χ4v) is 2.41. The van der Waals surface area contributed by atoms with Gasteiger partial charge in [-0.15, -0.1) is 0 Å². The Morgan fingerprint density at radius 3 is 2.04 bits per heavy atom. The van der Waals surface area contributed by atoms with Crippen LogP contribution in [0.1, 0.15) is 35.3 Å². The van der Waals surface area contributed by atoms with Gasteiger partial charge in [-0.1, -0.05) is 38.1 Å². The predicted octanol–water partition coefficient (Wildman–Crippen LogP) is 3.89. The van der Waals surface area contributed by atoms with Crippen LogP contribution in [-0.2, 0) is 17.9 Å². The predicted molar refractivity (Wildman–Crippen MR) is 95.2 cm³/mol. The van der Waals surface area contributed by atoms with Crippen molar-refractivity contribution in [3.05, 3.63) is 65.2 Å². The standard InChI is InChI=1S/C20H25NO3/c1-4-21(5-2)14-16-6-8-17(9-7-16)15-24-20(22)18-10-12-19(23-3)13-11-18/h6-13H,4-5,14-15H2,1-3H3. The monoisotopic (exact) mass is 327 g/mol. The van der Waals surface area contributed by atoms with Crippen LogP contribution < -0.4 is 4.74 Å². The van der Waals surface area contributed by atoms with E-state index in [0.717, 1.165) is 30.9 Å². The fraction of sp³-hybridized carbons (Fsp3) is 0.350. The number of carbonyl (C=O) groups is 1. The van der Waals surface area contributed by atoms with E-state index in [-0.39, 0.29) is 12.6 Å². The summed E-state index contributed by atoms with van der Waals surface area (Å²) in [6.07, 6.45) is 0. The maximum absolute atomic E-state index is 12.0. The molecule has 0 saturated carbocycles. The molecule has 0 aromatic heterocycles. The van der Waals surface area contributed by atoms with Gasteiger partial charge in [0.25, 0.3) is 0 Å². The highest BCUT2D eigenvalue weighted by Crippen LogP contribution is 2.13. The van der Waals surface area contributed by atoms with Crippen LogP contribution in [0.15, 0.2) is 48.5 Å². The summed E-state index contributed by atoms with van der Waals surface area (Å²) in [6, 6.07) is 15.1. The maximum Gasteiger partial charge on any atom is 0.338 e. The van der Waals surface area contributed by atoms with E-state index in [0.29, 0.717) is 5.56 Å². The first kappa shape index (κ1) is 18.0. The third-order valence-electron chi connectivity index (χ3n) is 4.02. The highest BCUT2D eigenvalue weighted by Gasteiger charge is 2.08. The Hall–Kier alpha value is -2.33. The SMILES string of the molecule is CCN(CC)Cc1ccc(COC(=O)c2ccc(OC)cc2)cc1. The first-order chi connectivity index (χ1) is 11.7. The topological polar surface area (TPSA) is 38.8 Å². The first-order valence-corrected chi connectivity index (χ1v) is 8.27. The van der Waals surface area contributed by atoms with Crippen molar-refractivity contribution >= 4 is 5.97 Å². The Morgan fingerprint density at radius 1 is 0.917 bits per heavy atom. The summed E-state index contributed by atoms with van der Waals surface area (Å²) in [5.41, 5.74) is 2.78. The largest absolute Gasteiger partial charge is 0.497 e. The van der Waals surface area contributed by atoms with Crippen molar-refractivity contribution in [1.82, 2.24) is 4.90 Å². The number of methoxy groups -OCH3 is 1. The van der Waals surface area contributed by atoms with Crippen molar-refractivity contribution < 1.29 is 14.3 Å². The van der Waals surface area contributed by atoms with Gasteiger partial charge in [-0.25, -0.2) is 4.79 Å². The zero-order valence-corrected chi connectivity index (χ0v) is 14.6. The van der Waals surface area contributed by atoms with E-state index in [1.807, 2.05) is 12.1 Å². The minimum absolute atomic E-state index is 0.274. The zero-order valence-electron chi connectivity index (χ0n) is 14.6. The van der Waals surface area contributed by atoms with Gasteiger partial charge in [-0.3, -0.25) is 4.90 Å². The summed E-state index contributed by atoms with van der Waals surface area (Å²) in [5.74, 6) is 0.389. The van der Waals surface area contributed by atoms with Crippen molar-refractivity contribution in [3.8, 4) is 5.75 Å². The molecule has 4 heteroatoms. The lowest BCUT2D eigenvalue weighted by Gasteiger charge is -2.18. The second kappa shape index (κ2) is 9.08. The maximum atomic E-state index is 12.0. The van der Waals surface area contributed by atoms with Crippen molar-refractivity contribution in [1.29, 1.82) is 0 Å². The molecule has 0 aliphatic heterocycles. The molecule has 2 aromatic rings. The van der Waals surface area contributed by atoms with Crippen molar-refractivity contribution in [3.63, 3.8) is 0 Å². The summed E-state index contributed by atoms with van der Waals surface area (Å²) in [7, 11) is 1.59. The molecule has 128 valence electrons. The van der Waals surface area contributed by atoms with Crippen LogP contribution in [0.5, 0.6) is 5.75 Å². The Bertz CT molecular complexity index is 631. The smallest absolute Gasteiger partial charge is 0.338 e. The van der Waals surface area contributed by atoms with Gasteiger partial charge < -0.3 is 9.47 Å². The summed E-state index contributed by atoms with van der Waals surface area (Å²) < 4.78 is 10.4. The Labute approximate surface area is 144 Å². The van der Waals surface area contributed by atoms with Crippen molar-refractivity contribution in [2.24, 2.45) is 0 Å². The van der Waals surface area contributed by atoms with Crippen molar-refractivity contribution in [2.45, 2.75) is 27.0 Å². The Kier molecular flexibility index (Phi) is 6.82. The van der Waals surface area contributed by atoms with Gasteiger partial charge in [-0.05, 0) is 48.5 Å². The normalized spacial score (nSPS) is 10.7. The molecule has 2 aromatic carbocycles. The number of carbonyl (C=O) groups excluding carboxylic acids is 1. The number of esters is 1. The van der Waals surface area contributed by atoms with Gasteiger partial charge >= 0.3 is 5.97 Å². The lowest BCUT2D eigenvalue weighted by molar-refractivity contribution is 0.0472. The molecule has 0 saturated heterocycles. The quantitative estimate of drug-likeness (QED) is 0.690. The van der Waals surface area contributed by atoms with Crippen molar-refractivity contribution in [2.75, 3.05) is 20.2 Å². The molecular formula is C20H25NO3. The van der Waals surface area contributed by atoms with Crippen LogP contribution in [0.2, 0.25) is 0 Å². The molecule has 0 N–H and O–H groups in total. The highest BCUT2D eigenvalue weighted by molar-refractivity contribution is 5.89. The molecule has 2 rings (SSSR count). The van der Waals surface area contributed by atoms with Gasteiger partial charge in [0.05, 0.1) is 12.7 Å². The second-order valence-corrected chi connectivity index (χ2v) is 5.58. The lowest BCUT2D eigenvalue weighted by atomic mass is 10.1. The minimum atomic E-state index is -0.329. The molecule has 0 bridgehead atoms. The van der Waals surface area contributed by atoms with Gasteiger partial charge in [0.15, 0.2) is 0 Å². The van der Waals surface area contributed by atoms with Crippen LogP contribution in [-0.4, -0.2) is 31.1 Å². The first-order valence-electron chi connectivity index (χ1n) is 8.27.